The molecule has 1 aromatic carbocycles. The van der Waals surface area contributed by atoms with E-state index >= 15 is 0 Å². The Morgan fingerprint density at radius 1 is 1.63 bits per heavy atom. The number of nitriles is 1. The summed E-state index contributed by atoms with van der Waals surface area (Å²) in [4.78, 5) is 12.2. The van der Waals surface area contributed by atoms with E-state index < -0.39 is 0 Å². The predicted octanol–water partition coefficient (Wildman–Crippen LogP) is 3.07. The fourth-order valence-electron chi connectivity index (χ4n) is 2.29. The van der Waals surface area contributed by atoms with Gasteiger partial charge in [-0.2, -0.15) is 5.26 Å². The molecule has 5 heteroatoms. The largest absolute Gasteiger partial charge is 0.377 e. The number of carbonyl (C=O) groups is 1. The molecule has 1 N–H and O–H groups in total. The summed E-state index contributed by atoms with van der Waals surface area (Å²) in [5, 5.41) is 11.9. The molecule has 1 aliphatic heterocycles. The quantitative estimate of drug-likeness (QED) is 0.930. The Morgan fingerprint density at radius 2 is 2.42 bits per heavy atom. The Bertz CT molecular complexity index is 525. The smallest absolute Gasteiger partial charge is 0.230 e. The molecule has 1 saturated heterocycles. The normalized spacial score (nSPS) is 21.9. The van der Waals surface area contributed by atoms with Gasteiger partial charge in [-0.3, -0.25) is 4.79 Å². The van der Waals surface area contributed by atoms with Crippen LogP contribution in [0.25, 0.3) is 0 Å². The number of benzene rings is 1. The lowest BCUT2D eigenvalue weighted by atomic mass is 9.98. The molecule has 0 spiro atoms. The molecule has 1 aliphatic rings. The topological polar surface area (TPSA) is 62.1 Å². The molecule has 0 saturated carbocycles. The highest BCUT2D eigenvalue weighted by atomic mass is 79.9. The summed E-state index contributed by atoms with van der Waals surface area (Å²) < 4.78 is 6.35. The van der Waals surface area contributed by atoms with E-state index in [1.807, 2.05) is 6.92 Å². The van der Waals surface area contributed by atoms with E-state index in [-0.39, 0.29) is 17.9 Å². The molecule has 2 atom stereocenters. The second kappa shape index (κ2) is 6.18. The fraction of sp³-hybridized carbons (Fsp3) is 0.429. The SMILES string of the molecule is CCC1OCCC1C(=O)Nc1cc(Br)ccc1C#N. The maximum Gasteiger partial charge on any atom is 0.230 e. The summed E-state index contributed by atoms with van der Waals surface area (Å²) in [5.74, 6) is -0.200. The number of amides is 1. The fourth-order valence-corrected chi connectivity index (χ4v) is 2.65. The van der Waals surface area contributed by atoms with Crippen molar-refractivity contribution in [3.05, 3.63) is 28.2 Å². The Balaban J connectivity index is 2.15. The van der Waals surface area contributed by atoms with Crippen LogP contribution in [0.3, 0.4) is 0 Å². The highest BCUT2D eigenvalue weighted by molar-refractivity contribution is 9.10. The lowest BCUT2D eigenvalue weighted by Gasteiger charge is -2.17. The first-order chi connectivity index (χ1) is 9.15. The molecule has 1 amide bonds. The van der Waals surface area contributed by atoms with Crippen molar-refractivity contribution in [3.8, 4) is 6.07 Å². The van der Waals surface area contributed by atoms with Gasteiger partial charge in [0.2, 0.25) is 5.91 Å². The number of rotatable bonds is 3. The van der Waals surface area contributed by atoms with Crippen molar-refractivity contribution in [2.45, 2.75) is 25.9 Å². The van der Waals surface area contributed by atoms with Gasteiger partial charge in [-0.25, -0.2) is 0 Å². The third-order valence-corrected chi connectivity index (χ3v) is 3.80. The minimum atomic E-state index is -0.129. The van der Waals surface area contributed by atoms with Crippen LogP contribution in [0.1, 0.15) is 25.3 Å². The monoisotopic (exact) mass is 322 g/mol. The zero-order valence-electron chi connectivity index (χ0n) is 10.6. The van der Waals surface area contributed by atoms with Crippen LogP contribution in [0, 0.1) is 17.2 Å². The zero-order valence-corrected chi connectivity index (χ0v) is 12.2. The number of nitrogens with zero attached hydrogens (tertiary/aromatic N) is 1. The van der Waals surface area contributed by atoms with Gasteiger partial charge in [-0.15, -0.1) is 0 Å². The molecule has 0 radical (unpaired) electrons. The van der Waals surface area contributed by atoms with Crippen molar-refractivity contribution in [3.63, 3.8) is 0 Å². The van der Waals surface area contributed by atoms with Crippen molar-refractivity contribution in [1.82, 2.24) is 0 Å². The van der Waals surface area contributed by atoms with E-state index in [0.717, 1.165) is 17.3 Å². The first kappa shape index (κ1) is 14.0. The number of carbonyl (C=O) groups excluding carboxylic acids is 1. The Labute approximate surface area is 120 Å². The summed E-state index contributed by atoms with van der Waals surface area (Å²) in [5.41, 5.74) is 1.01. The van der Waals surface area contributed by atoms with Crippen molar-refractivity contribution in [2.24, 2.45) is 5.92 Å². The number of ether oxygens (including phenoxy) is 1. The number of hydrogen-bond donors (Lipinski definition) is 1. The van der Waals surface area contributed by atoms with E-state index in [1.54, 1.807) is 18.2 Å². The molecule has 2 rings (SSSR count). The van der Waals surface area contributed by atoms with Gasteiger partial charge in [-0.1, -0.05) is 22.9 Å². The second-order valence-electron chi connectivity index (χ2n) is 4.50. The lowest BCUT2D eigenvalue weighted by molar-refractivity contribution is -0.121. The van der Waals surface area contributed by atoms with E-state index in [0.29, 0.717) is 17.9 Å². The lowest BCUT2D eigenvalue weighted by Crippen LogP contribution is -2.29. The van der Waals surface area contributed by atoms with Crippen molar-refractivity contribution in [2.75, 3.05) is 11.9 Å². The van der Waals surface area contributed by atoms with Crippen molar-refractivity contribution < 1.29 is 9.53 Å². The second-order valence-corrected chi connectivity index (χ2v) is 5.42. The van der Waals surface area contributed by atoms with Crippen LogP contribution in [0.4, 0.5) is 5.69 Å². The summed E-state index contributed by atoms with van der Waals surface area (Å²) in [7, 11) is 0. The van der Waals surface area contributed by atoms with Crippen molar-refractivity contribution >= 4 is 27.5 Å². The first-order valence-electron chi connectivity index (χ1n) is 6.27. The molecule has 4 nitrogen and oxygen atoms in total. The molecule has 0 aromatic heterocycles. The number of halogens is 1. The van der Waals surface area contributed by atoms with E-state index in [1.165, 1.54) is 0 Å². The molecule has 0 aliphatic carbocycles. The minimum Gasteiger partial charge on any atom is -0.377 e. The van der Waals surface area contributed by atoms with Gasteiger partial charge in [0, 0.05) is 11.1 Å². The zero-order chi connectivity index (χ0) is 13.8. The Morgan fingerprint density at radius 3 is 3.11 bits per heavy atom. The average Bonchev–Trinajstić information content (AvgIpc) is 2.87. The summed E-state index contributed by atoms with van der Waals surface area (Å²) >= 11 is 3.34. The molecule has 2 unspecified atom stereocenters. The van der Waals surface area contributed by atoms with Crippen LogP contribution in [0.5, 0.6) is 0 Å². The maximum atomic E-state index is 12.2. The number of hydrogen-bond acceptors (Lipinski definition) is 3. The molecule has 0 bridgehead atoms. The molecular formula is C14H15BrN2O2. The van der Waals surface area contributed by atoms with Crippen molar-refractivity contribution in [1.29, 1.82) is 5.26 Å². The highest BCUT2D eigenvalue weighted by Gasteiger charge is 2.32. The Kier molecular flexibility index (Phi) is 4.56. The molecule has 100 valence electrons. The van der Waals surface area contributed by atoms with Crippen LogP contribution < -0.4 is 5.32 Å². The minimum absolute atomic E-state index is 0.0160. The Hall–Kier alpha value is -1.38. The van der Waals surface area contributed by atoms with Gasteiger partial charge in [0.15, 0.2) is 0 Å². The molecule has 1 aromatic rings. The van der Waals surface area contributed by atoms with E-state index in [2.05, 4.69) is 27.3 Å². The predicted molar refractivity (Wildman–Crippen MR) is 75.6 cm³/mol. The van der Waals surface area contributed by atoms with Crippen LogP contribution in [0.2, 0.25) is 0 Å². The van der Waals surface area contributed by atoms with Gasteiger partial charge in [-0.05, 0) is 31.0 Å². The number of anilines is 1. The van der Waals surface area contributed by atoms with Gasteiger partial charge < -0.3 is 10.1 Å². The van der Waals surface area contributed by atoms with Crippen LogP contribution >= 0.6 is 15.9 Å². The summed E-state index contributed by atoms with van der Waals surface area (Å²) in [6.07, 6.45) is 1.54. The number of nitrogens with one attached hydrogen (secondary N) is 1. The standard InChI is InChI=1S/C14H15BrN2O2/c1-2-13-11(5-6-19-13)14(18)17-12-7-10(15)4-3-9(12)8-16/h3-4,7,11,13H,2,5-6H2,1H3,(H,17,18). The van der Waals surface area contributed by atoms with Gasteiger partial charge in [0.25, 0.3) is 0 Å². The van der Waals surface area contributed by atoms with Gasteiger partial charge >= 0.3 is 0 Å². The maximum absolute atomic E-state index is 12.2. The molecule has 1 heterocycles. The van der Waals surface area contributed by atoms with Gasteiger partial charge in [0.05, 0.1) is 23.3 Å². The average molecular weight is 323 g/mol. The third kappa shape index (κ3) is 3.14. The van der Waals surface area contributed by atoms with Crippen LogP contribution in [-0.2, 0) is 9.53 Å². The van der Waals surface area contributed by atoms with E-state index in [9.17, 15) is 4.79 Å². The molecule has 1 fully saturated rings. The van der Waals surface area contributed by atoms with Gasteiger partial charge in [0.1, 0.15) is 6.07 Å². The third-order valence-electron chi connectivity index (χ3n) is 3.31. The molecule has 19 heavy (non-hydrogen) atoms. The highest BCUT2D eigenvalue weighted by Crippen LogP contribution is 2.27. The van der Waals surface area contributed by atoms with E-state index in [4.69, 9.17) is 10.00 Å². The van der Waals surface area contributed by atoms with Crippen LogP contribution in [-0.4, -0.2) is 18.6 Å². The van der Waals surface area contributed by atoms with Crippen LogP contribution in [0.15, 0.2) is 22.7 Å². The summed E-state index contributed by atoms with van der Waals surface area (Å²) in [6, 6.07) is 7.28. The molecular weight excluding hydrogens is 308 g/mol. The summed E-state index contributed by atoms with van der Waals surface area (Å²) in [6.45, 7) is 2.64. The first-order valence-corrected chi connectivity index (χ1v) is 7.07.